The molecule has 6 nitrogen and oxygen atoms in total. The Labute approximate surface area is 137 Å². The SMILES string of the molecule is Cc1ccc(S(=O)(=O)NNC(=O)Nc2ccccc2Br)cc1. The molecule has 0 saturated heterocycles. The van der Waals surface area contributed by atoms with Gasteiger partial charge in [-0.1, -0.05) is 29.8 Å². The maximum Gasteiger partial charge on any atom is 0.334 e. The second-order valence-corrected chi connectivity index (χ2v) is 7.01. The third-order valence-corrected chi connectivity index (χ3v) is 4.71. The predicted molar refractivity (Wildman–Crippen MR) is 87.8 cm³/mol. The number of halogens is 1. The molecule has 0 fully saturated rings. The molecule has 0 saturated carbocycles. The highest BCUT2D eigenvalue weighted by atomic mass is 79.9. The van der Waals surface area contributed by atoms with Crippen LogP contribution in [0.2, 0.25) is 0 Å². The van der Waals surface area contributed by atoms with Crippen molar-refractivity contribution in [1.29, 1.82) is 0 Å². The first kappa shape index (κ1) is 16.5. The molecule has 2 amide bonds. The third-order valence-electron chi connectivity index (χ3n) is 2.75. The molecule has 22 heavy (non-hydrogen) atoms. The van der Waals surface area contributed by atoms with Crippen molar-refractivity contribution in [3.63, 3.8) is 0 Å². The first-order valence-electron chi connectivity index (χ1n) is 6.28. The summed E-state index contributed by atoms with van der Waals surface area (Å²) >= 11 is 3.28. The molecule has 0 aliphatic heterocycles. The Morgan fingerprint density at radius 3 is 2.32 bits per heavy atom. The van der Waals surface area contributed by atoms with Crippen LogP contribution in [0.5, 0.6) is 0 Å². The van der Waals surface area contributed by atoms with Crippen molar-refractivity contribution in [2.24, 2.45) is 0 Å². The lowest BCUT2D eigenvalue weighted by atomic mass is 10.2. The van der Waals surface area contributed by atoms with Crippen LogP contribution in [0.15, 0.2) is 57.9 Å². The lowest BCUT2D eigenvalue weighted by Gasteiger charge is -2.10. The van der Waals surface area contributed by atoms with E-state index in [1.54, 1.807) is 36.4 Å². The van der Waals surface area contributed by atoms with Gasteiger partial charge in [-0.05, 0) is 47.1 Å². The maximum atomic E-state index is 12.0. The molecule has 0 aliphatic carbocycles. The highest BCUT2D eigenvalue weighted by Gasteiger charge is 2.14. The Balaban J connectivity index is 1.98. The first-order valence-corrected chi connectivity index (χ1v) is 8.56. The molecule has 0 aromatic heterocycles. The van der Waals surface area contributed by atoms with Crippen molar-refractivity contribution in [2.45, 2.75) is 11.8 Å². The number of para-hydroxylation sites is 1. The fraction of sp³-hybridized carbons (Fsp3) is 0.0714. The molecule has 8 heteroatoms. The number of carbonyl (C=O) groups excluding carboxylic acids is 1. The molecule has 3 N–H and O–H groups in total. The highest BCUT2D eigenvalue weighted by molar-refractivity contribution is 9.10. The van der Waals surface area contributed by atoms with E-state index in [1.807, 2.05) is 11.8 Å². The molecule has 0 unspecified atom stereocenters. The van der Waals surface area contributed by atoms with Crippen LogP contribution in [0.4, 0.5) is 10.5 Å². The van der Waals surface area contributed by atoms with Crippen LogP contribution in [0.1, 0.15) is 5.56 Å². The van der Waals surface area contributed by atoms with E-state index >= 15 is 0 Å². The quantitative estimate of drug-likeness (QED) is 0.709. The predicted octanol–water partition coefficient (Wildman–Crippen LogP) is 2.77. The number of hydrazine groups is 1. The molecule has 0 bridgehead atoms. The molecule has 2 rings (SSSR count). The largest absolute Gasteiger partial charge is 0.334 e. The van der Waals surface area contributed by atoms with Gasteiger partial charge in [0, 0.05) is 4.47 Å². The number of amides is 2. The van der Waals surface area contributed by atoms with Gasteiger partial charge in [-0.3, -0.25) is 5.43 Å². The number of carbonyl (C=O) groups is 1. The molecule has 0 spiro atoms. The van der Waals surface area contributed by atoms with Gasteiger partial charge in [-0.2, -0.15) is 0 Å². The van der Waals surface area contributed by atoms with Gasteiger partial charge in [-0.15, -0.1) is 4.83 Å². The van der Waals surface area contributed by atoms with Crippen LogP contribution >= 0.6 is 15.9 Å². The minimum absolute atomic E-state index is 0.0688. The molecular weight excluding hydrogens is 370 g/mol. The highest BCUT2D eigenvalue weighted by Crippen LogP contribution is 2.20. The van der Waals surface area contributed by atoms with Crippen molar-refractivity contribution in [3.8, 4) is 0 Å². The average Bonchev–Trinajstić information content (AvgIpc) is 2.48. The smallest absolute Gasteiger partial charge is 0.306 e. The topological polar surface area (TPSA) is 87.3 Å². The van der Waals surface area contributed by atoms with Gasteiger partial charge in [0.05, 0.1) is 10.6 Å². The van der Waals surface area contributed by atoms with E-state index in [2.05, 4.69) is 26.7 Å². The minimum Gasteiger partial charge on any atom is -0.306 e. The Hall–Kier alpha value is -1.90. The zero-order valence-electron chi connectivity index (χ0n) is 11.6. The van der Waals surface area contributed by atoms with Crippen molar-refractivity contribution < 1.29 is 13.2 Å². The molecule has 116 valence electrons. The summed E-state index contributed by atoms with van der Waals surface area (Å²) in [6, 6.07) is 12.6. The van der Waals surface area contributed by atoms with Gasteiger partial charge in [0.2, 0.25) is 0 Å². The lowest BCUT2D eigenvalue weighted by Crippen LogP contribution is -2.43. The summed E-state index contributed by atoms with van der Waals surface area (Å²) < 4.78 is 24.7. The van der Waals surface area contributed by atoms with Crippen LogP contribution in [-0.2, 0) is 10.0 Å². The fourth-order valence-corrected chi connectivity index (χ4v) is 2.83. The van der Waals surface area contributed by atoms with Gasteiger partial charge in [-0.25, -0.2) is 13.2 Å². The maximum absolute atomic E-state index is 12.0. The zero-order valence-corrected chi connectivity index (χ0v) is 14.0. The Kier molecular flexibility index (Phi) is 5.17. The number of nitrogens with one attached hydrogen (secondary N) is 3. The summed E-state index contributed by atoms with van der Waals surface area (Å²) in [7, 11) is -3.81. The van der Waals surface area contributed by atoms with Gasteiger partial charge >= 0.3 is 6.03 Å². The summed E-state index contributed by atoms with van der Waals surface area (Å²) in [4.78, 5) is 13.8. The number of sulfonamides is 1. The Morgan fingerprint density at radius 1 is 1.05 bits per heavy atom. The number of aryl methyl sites for hydroxylation is 1. The van der Waals surface area contributed by atoms with Crippen LogP contribution in [0.25, 0.3) is 0 Å². The van der Waals surface area contributed by atoms with Gasteiger partial charge in [0.25, 0.3) is 10.0 Å². The van der Waals surface area contributed by atoms with E-state index in [0.29, 0.717) is 10.2 Å². The minimum atomic E-state index is -3.81. The summed E-state index contributed by atoms with van der Waals surface area (Å²) in [6.07, 6.45) is 0. The number of hydrogen-bond donors (Lipinski definition) is 3. The van der Waals surface area contributed by atoms with Gasteiger partial charge in [0.15, 0.2) is 0 Å². The number of benzene rings is 2. The second kappa shape index (κ2) is 6.91. The number of hydrogen-bond acceptors (Lipinski definition) is 3. The Bertz CT molecular complexity index is 776. The first-order chi connectivity index (χ1) is 10.4. The summed E-state index contributed by atoms with van der Waals surface area (Å²) in [5.41, 5.74) is 3.57. The zero-order chi connectivity index (χ0) is 16.2. The van der Waals surface area contributed by atoms with E-state index in [1.165, 1.54) is 12.1 Å². The number of urea groups is 1. The summed E-state index contributed by atoms with van der Waals surface area (Å²) in [5, 5.41) is 2.52. The van der Waals surface area contributed by atoms with Gasteiger partial charge < -0.3 is 5.32 Å². The molecule has 0 radical (unpaired) electrons. The van der Waals surface area contributed by atoms with Crippen LogP contribution in [0.3, 0.4) is 0 Å². The Morgan fingerprint density at radius 2 is 1.68 bits per heavy atom. The van der Waals surface area contributed by atoms with Crippen molar-refractivity contribution in [3.05, 3.63) is 58.6 Å². The normalized spacial score (nSPS) is 11.0. The van der Waals surface area contributed by atoms with E-state index in [0.717, 1.165) is 5.56 Å². The van der Waals surface area contributed by atoms with Crippen molar-refractivity contribution in [2.75, 3.05) is 5.32 Å². The van der Waals surface area contributed by atoms with Crippen molar-refractivity contribution >= 4 is 37.7 Å². The standard InChI is InChI=1S/C14H14BrN3O3S/c1-10-6-8-11(9-7-10)22(20,21)18-17-14(19)16-13-5-3-2-4-12(13)15/h2-9,18H,1H3,(H2,16,17,19). The fourth-order valence-electron chi connectivity index (χ4n) is 1.61. The van der Waals surface area contributed by atoms with E-state index < -0.39 is 16.1 Å². The molecule has 0 atom stereocenters. The number of rotatable bonds is 4. The molecular formula is C14H14BrN3O3S. The van der Waals surface area contributed by atoms with Crippen LogP contribution in [0, 0.1) is 6.92 Å². The monoisotopic (exact) mass is 383 g/mol. The summed E-state index contributed by atoms with van der Waals surface area (Å²) in [6.45, 7) is 1.85. The van der Waals surface area contributed by atoms with Crippen LogP contribution < -0.4 is 15.6 Å². The van der Waals surface area contributed by atoms with Gasteiger partial charge in [0.1, 0.15) is 0 Å². The van der Waals surface area contributed by atoms with E-state index in [9.17, 15) is 13.2 Å². The third kappa shape index (κ3) is 4.30. The molecule has 2 aromatic carbocycles. The average molecular weight is 384 g/mol. The van der Waals surface area contributed by atoms with Crippen LogP contribution in [-0.4, -0.2) is 14.4 Å². The number of anilines is 1. The van der Waals surface area contributed by atoms with E-state index in [-0.39, 0.29) is 4.90 Å². The van der Waals surface area contributed by atoms with E-state index in [4.69, 9.17) is 0 Å². The second-order valence-electron chi connectivity index (χ2n) is 4.48. The lowest BCUT2D eigenvalue weighted by molar-refractivity contribution is 0.250. The van der Waals surface area contributed by atoms with Crippen molar-refractivity contribution in [1.82, 2.24) is 10.3 Å². The summed E-state index contributed by atoms with van der Waals surface area (Å²) in [5.74, 6) is 0. The molecule has 0 aliphatic rings. The molecule has 2 aromatic rings. The molecule has 0 heterocycles.